The Labute approximate surface area is 127 Å². The normalized spacial score (nSPS) is 10.7. The van der Waals surface area contributed by atoms with Crippen LogP contribution < -0.4 is 5.32 Å². The van der Waals surface area contributed by atoms with E-state index in [-0.39, 0.29) is 11.6 Å². The quantitative estimate of drug-likeness (QED) is 0.697. The summed E-state index contributed by atoms with van der Waals surface area (Å²) in [6.07, 6.45) is 1.58. The Kier molecular flexibility index (Phi) is 3.55. The number of hydrogen-bond acceptors (Lipinski definition) is 4. The van der Waals surface area contributed by atoms with E-state index in [1.165, 1.54) is 12.1 Å². The Hall–Kier alpha value is -2.82. The van der Waals surface area contributed by atoms with Crippen molar-refractivity contribution in [1.82, 2.24) is 4.98 Å². The van der Waals surface area contributed by atoms with Crippen molar-refractivity contribution in [3.63, 3.8) is 0 Å². The number of aryl methyl sites for hydroxylation is 2. The van der Waals surface area contributed by atoms with Crippen LogP contribution in [-0.4, -0.2) is 10.1 Å². The molecule has 0 aliphatic heterocycles. The second-order valence-electron chi connectivity index (χ2n) is 5.12. The molecule has 0 unspecified atom stereocenters. The van der Waals surface area contributed by atoms with E-state index in [4.69, 9.17) is 4.42 Å². The van der Waals surface area contributed by atoms with E-state index in [0.717, 1.165) is 22.4 Å². The van der Waals surface area contributed by atoms with E-state index in [1.54, 1.807) is 30.5 Å². The van der Waals surface area contributed by atoms with Gasteiger partial charge in [-0.05, 0) is 61.4 Å². The van der Waals surface area contributed by atoms with Gasteiger partial charge in [-0.1, -0.05) is 0 Å². The van der Waals surface area contributed by atoms with Gasteiger partial charge in [0.2, 0.25) is 0 Å². The van der Waals surface area contributed by atoms with Crippen LogP contribution in [0.3, 0.4) is 0 Å². The molecule has 1 aromatic heterocycles. The Morgan fingerprint density at radius 1 is 1.09 bits per heavy atom. The minimum absolute atomic E-state index is 0.222. The van der Waals surface area contributed by atoms with Gasteiger partial charge in [0.15, 0.2) is 5.76 Å². The molecule has 5 heteroatoms. The number of halogens is 1. The van der Waals surface area contributed by atoms with Crippen LogP contribution in [0.5, 0.6) is 5.75 Å². The number of anilines is 2. The number of oxazole rings is 1. The molecule has 0 saturated carbocycles. The Morgan fingerprint density at radius 2 is 1.73 bits per heavy atom. The van der Waals surface area contributed by atoms with Crippen LogP contribution in [0.25, 0.3) is 11.3 Å². The molecule has 0 bridgehead atoms. The summed E-state index contributed by atoms with van der Waals surface area (Å²) in [4.78, 5) is 4.18. The third kappa shape index (κ3) is 2.79. The third-order valence-corrected chi connectivity index (χ3v) is 3.38. The first kappa shape index (κ1) is 14.1. The van der Waals surface area contributed by atoms with Crippen LogP contribution in [0.1, 0.15) is 11.1 Å². The lowest BCUT2D eigenvalue weighted by Crippen LogP contribution is -1.96. The van der Waals surface area contributed by atoms with Gasteiger partial charge in [0.05, 0.1) is 6.20 Å². The number of nitrogens with zero attached hydrogens (tertiary/aromatic N) is 1. The van der Waals surface area contributed by atoms with Crippen LogP contribution in [0.2, 0.25) is 0 Å². The summed E-state index contributed by atoms with van der Waals surface area (Å²) >= 11 is 0. The average Bonchev–Trinajstić information content (AvgIpc) is 2.92. The zero-order valence-corrected chi connectivity index (χ0v) is 12.2. The first-order valence-corrected chi connectivity index (χ1v) is 6.82. The van der Waals surface area contributed by atoms with Crippen molar-refractivity contribution in [1.29, 1.82) is 0 Å². The van der Waals surface area contributed by atoms with Gasteiger partial charge in [-0.15, -0.1) is 0 Å². The van der Waals surface area contributed by atoms with Crippen LogP contribution in [-0.2, 0) is 0 Å². The van der Waals surface area contributed by atoms with Crippen molar-refractivity contribution in [2.24, 2.45) is 0 Å². The van der Waals surface area contributed by atoms with Gasteiger partial charge in [0.25, 0.3) is 6.01 Å². The number of rotatable bonds is 3. The lowest BCUT2D eigenvalue weighted by molar-refractivity contribution is 0.474. The van der Waals surface area contributed by atoms with Crippen molar-refractivity contribution in [2.45, 2.75) is 13.8 Å². The molecule has 0 aliphatic rings. The predicted octanol–water partition coefficient (Wildman–Crippen LogP) is 4.55. The maximum absolute atomic E-state index is 12.9. The number of hydrogen-bond donors (Lipinski definition) is 2. The molecule has 0 amide bonds. The fourth-order valence-electron chi connectivity index (χ4n) is 2.32. The van der Waals surface area contributed by atoms with Gasteiger partial charge in [0, 0.05) is 11.3 Å². The van der Waals surface area contributed by atoms with Crippen LogP contribution in [0.4, 0.5) is 16.1 Å². The first-order valence-electron chi connectivity index (χ1n) is 6.82. The van der Waals surface area contributed by atoms with Crippen LogP contribution >= 0.6 is 0 Å². The molecule has 2 N–H and O–H groups in total. The summed E-state index contributed by atoms with van der Waals surface area (Å²) in [5.74, 6) is 0.480. The van der Waals surface area contributed by atoms with Gasteiger partial charge in [-0.3, -0.25) is 0 Å². The number of phenols is 1. The van der Waals surface area contributed by atoms with E-state index in [9.17, 15) is 9.50 Å². The average molecular weight is 298 g/mol. The summed E-state index contributed by atoms with van der Waals surface area (Å²) in [5.41, 5.74) is 3.37. The van der Waals surface area contributed by atoms with Crippen molar-refractivity contribution in [2.75, 3.05) is 5.32 Å². The second kappa shape index (κ2) is 5.52. The van der Waals surface area contributed by atoms with Gasteiger partial charge >= 0.3 is 0 Å². The molecule has 22 heavy (non-hydrogen) atoms. The van der Waals surface area contributed by atoms with Crippen LogP contribution in [0, 0.1) is 19.7 Å². The molecule has 1 heterocycles. The zero-order chi connectivity index (χ0) is 15.7. The molecule has 112 valence electrons. The molecule has 0 spiro atoms. The highest BCUT2D eigenvalue weighted by atomic mass is 19.1. The minimum atomic E-state index is -0.294. The van der Waals surface area contributed by atoms with E-state index < -0.39 is 0 Å². The van der Waals surface area contributed by atoms with E-state index >= 15 is 0 Å². The minimum Gasteiger partial charge on any atom is -0.508 e. The fraction of sp³-hybridized carbons (Fsp3) is 0.118. The lowest BCUT2D eigenvalue weighted by atomic mass is 10.1. The Morgan fingerprint density at radius 3 is 2.36 bits per heavy atom. The SMILES string of the molecule is Cc1cc(O)cc(C)c1Nc1ncc(-c2ccc(F)cc2)o1. The Balaban J connectivity index is 1.87. The Bertz CT molecular complexity index is 787. The van der Waals surface area contributed by atoms with E-state index in [2.05, 4.69) is 10.3 Å². The molecule has 0 aliphatic carbocycles. The molecule has 0 saturated heterocycles. The smallest absolute Gasteiger partial charge is 0.299 e. The highest BCUT2D eigenvalue weighted by molar-refractivity contribution is 5.65. The van der Waals surface area contributed by atoms with Crippen molar-refractivity contribution in [3.05, 3.63) is 59.5 Å². The molecule has 3 aromatic rings. The van der Waals surface area contributed by atoms with Gasteiger partial charge in [-0.2, -0.15) is 0 Å². The first-order chi connectivity index (χ1) is 10.5. The molecule has 0 fully saturated rings. The number of phenolic OH excluding ortho intramolecular Hbond substituents is 1. The molecule has 4 nitrogen and oxygen atoms in total. The van der Waals surface area contributed by atoms with E-state index in [1.807, 2.05) is 13.8 Å². The third-order valence-electron chi connectivity index (χ3n) is 3.38. The molecule has 2 aromatic carbocycles. The predicted molar refractivity (Wildman–Crippen MR) is 82.8 cm³/mol. The molecule has 0 atom stereocenters. The van der Waals surface area contributed by atoms with Gasteiger partial charge in [0.1, 0.15) is 11.6 Å². The highest BCUT2D eigenvalue weighted by Crippen LogP contribution is 2.30. The van der Waals surface area contributed by atoms with Crippen LogP contribution in [0.15, 0.2) is 47.0 Å². The summed E-state index contributed by atoms with van der Waals surface area (Å²) in [5, 5.41) is 12.7. The van der Waals surface area contributed by atoms with Crippen molar-refractivity contribution < 1.29 is 13.9 Å². The highest BCUT2D eigenvalue weighted by Gasteiger charge is 2.10. The summed E-state index contributed by atoms with van der Waals surface area (Å²) in [7, 11) is 0. The maximum atomic E-state index is 12.9. The fourth-order valence-corrected chi connectivity index (χ4v) is 2.32. The van der Waals surface area contributed by atoms with Crippen molar-refractivity contribution in [3.8, 4) is 17.1 Å². The largest absolute Gasteiger partial charge is 0.508 e. The van der Waals surface area contributed by atoms with Gasteiger partial charge < -0.3 is 14.8 Å². The monoisotopic (exact) mass is 298 g/mol. The van der Waals surface area contributed by atoms with Crippen molar-refractivity contribution >= 4 is 11.7 Å². The summed E-state index contributed by atoms with van der Waals surface area (Å²) in [6, 6.07) is 9.70. The number of nitrogens with one attached hydrogen (secondary N) is 1. The number of aromatic hydroxyl groups is 1. The summed E-state index contributed by atoms with van der Waals surface area (Å²) in [6.45, 7) is 3.78. The summed E-state index contributed by atoms with van der Waals surface area (Å²) < 4.78 is 18.6. The second-order valence-corrected chi connectivity index (χ2v) is 5.12. The zero-order valence-electron chi connectivity index (χ0n) is 12.2. The number of benzene rings is 2. The number of aromatic nitrogens is 1. The topological polar surface area (TPSA) is 58.3 Å². The van der Waals surface area contributed by atoms with Gasteiger partial charge in [-0.25, -0.2) is 9.37 Å². The molecular weight excluding hydrogens is 283 g/mol. The standard InChI is InChI=1S/C17H15FN2O2/c1-10-7-14(21)8-11(2)16(10)20-17-19-9-15(22-17)12-3-5-13(18)6-4-12/h3-9,21H,1-2H3,(H,19,20). The molecular formula is C17H15FN2O2. The molecule has 0 radical (unpaired) electrons. The maximum Gasteiger partial charge on any atom is 0.299 e. The van der Waals surface area contributed by atoms with E-state index in [0.29, 0.717) is 11.8 Å². The lowest BCUT2D eigenvalue weighted by Gasteiger charge is -2.10. The molecule has 3 rings (SSSR count).